The van der Waals surface area contributed by atoms with Gasteiger partial charge in [-0.25, -0.2) is 9.98 Å². The highest BCUT2D eigenvalue weighted by Gasteiger charge is 2.30. The zero-order chi connectivity index (χ0) is 18.1. The molecule has 0 amide bonds. The minimum absolute atomic E-state index is 0.00916. The number of halogens is 2. The number of fused-ring (bicyclic) bond motifs is 1. The van der Waals surface area contributed by atoms with Crippen LogP contribution in [0.25, 0.3) is 0 Å². The monoisotopic (exact) mass is 416 g/mol. The summed E-state index contributed by atoms with van der Waals surface area (Å²) in [5.74, 6) is 0.478. The number of aromatic nitrogens is 1. The number of rotatable bonds is 1. The van der Waals surface area contributed by atoms with E-state index in [0.29, 0.717) is 22.0 Å². The molecule has 1 aromatic heterocycles. The maximum atomic E-state index is 9.29. The maximum Gasteiger partial charge on any atom is 0.211 e. The number of benzene rings is 1. The number of nitrogens with zero attached hydrogens (tertiary/aromatic N) is 4. The van der Waals surface area contributed by atoms with Gasteiger partial charge in [-0.1, -0.05) is 33.6 Å². The van der Waals surface area contributed by atoms with Crippen LogP contribution in [0.3, 0.4) is 0 Å². The predicted octanol–water partition coefficient (Wildman–Crippen LogP) is 2.48. The third-order valence-corrected chi connectivity index (χ3v) is 4.44. The van der Waals surface area contributed by atoms with Crippen LogP contribution < -0.4 is 22.1 Å². The molecule has 2 aromatic rings. The Morgan fingerprint density at radius 1 is 1.32 bits per heavy atom. The zero-order valence-corrected chi connectivity index (χ0v) is 14.9. The largest absolute Gasteiger partial charge is 0.397 e. The van der Waals surface area contributed by atoms with E-state index in [1.54, 1.807) is 18.3 Å². The molecule has 0 aliphatic carbocycles. The number of hydrogen-bond donors (Lipinski definition) is 4. The van der Waals surface area contributed by atoms with Crippen LogP contribution in [-0.4, -0.2) is 10.9 Å². The molecule has 2 heterocycles. The molecule has 0 saturated heterocycles. The van der Waals surface area contributed by atoms with Gasteiger partial charge < -0.3 is 16.8 Å². The lowest BCUT2D eigenvalue weighted by molar-refractivity contribution is 0.846. The first kappa shape index (κ1) is 16.8. The third-order valence-electron chi connectivity index (χ3n) is 3.61. The van der Waals surface area contributed by atoms with Crippen molar-refractivity contribution in [2.75, 3.05) is 16.8 Å². The molecular weight excluding hydrogens is 408 g/mol. The second-order valence-electron chi connectivity index (χ2n) is 5.07. The summed E-state index contributed by atoms with van der Waals surface area (Å²) in [7, 11) is 0. The number of guanidine groups is 1. The van der Waals surface area contributed by atoms with Crippen molar-refractivity contribution in [3.63, 3.8) is 0 Å². The SMILES string of the molecule is N#CNC1=NC(c2ccc(Br)cc2Cl)c2c(nc(N)c(C#N)c2N)N1. The van der Waals surface area contributed by atoms with Crippen LogP contribution in [0.1, 0.15) is 22.7 Å². The molecule has 0 saturated carbocycles. The Hall–Kier alpha value is -3.01. The van der Waals surface area contributed by atoms with E-state index in [-0.39, 0.29) is 23.0 Å². The second-order valence-corrected chi connectivity index (χ2v) is 6.39. The summed E-state index contributed by atoms with van der Waals surface area (Å²) < 4.78 is 0.802. The molecule has 1 aromatic carbocycles. The van der Waals surface area contributed by atoms with E-state index in [1.165, 1.54) is 0 Å². The van der Waals surface area contributed by atoms with Crippen molar-refractivity contribution >= 4 is 50.8 Å². The number of nitrogens with one attached hydrogen (secondary N) is 2. The second kappa shape index (κ2) is 6.48. The molecule has 124 valence electrons. The van der Waals surface area contributed by atoms with Gasteiger partial charge in [0, 0.05) is 20.6 Å². The lowest BCUT2D eigenvalue weighted by Gasteiger charge is -2.26. The Bertz CT molecular complexity index is 988. The summed E-state index contributed by atoms with van der Waals surface area (Å²) >= 11 is 9.71. The van der Waals surface area contributed by atoms with Crippen molar-refractivity contribution in [1.82, 2.24) is 10.3 Å². The van der Waals surface area contributed by atoms with Crippen molar-refractivity contribution in [2.45, 2.75) is 6.04 Å². The molecular formula is C15H10BrClN8. The normalized spacial score (nSPS) is 15.2. The average molecular weight is 418 g/mol. The van der Waals surface area contributed by atoms with Gasteiger partial charge in [0.2, 0.25) is 5.96 Å². The number of nitrogen functional groups attached to an aromatic ring is 2. The van der Waals surface area contributed by atoms with Crippen LogP contribution in [0.4, 0.5) is 17.3 Å². The molecule has 1 atom stereocenters. The van der Waals surface area contributed by atoms with Gasteiger partial charge in [0.05, 0.1) is 5.69 Å². The average Bonchev–Trinajstić information content (AvgIpc) is 2.54. The fourth-order valence-electron chi connectivity index (χ4n) is 2.53. The molecule has 0 spiro atoms. The van der Waals surface area contributed by atoms with Crippen molar-refractivity contribution in [2.24, 2.45) is 4.99 Å². The van der Waals surface area contributed by atoms with Crippen LogP contribution in [0.2, 0.25) is 5.02 Å². The highest BCUT2D eigenvalue weighted by Crippen LogP contribution is 2.42. The molecule has 3 rings (SSSR count). The Morgan fingerprint density at radius 2 is 2.08 bits per heavy atom. The highest BCUT2D eigenvalue weighted by molar-refractivity contribution is 9.10. The molecule has 0 fully saturated rings. The summed E-state index contributed by atoms with van der Waals surface area (Å²) in [6, 6.07) is 6.60. The summed E-state index contributed by atoms with van der Waals surface area (Å²) in [6.07, 6.45) is 1.79. The molecule has 1 aliphatic heterocycles. The predicted molar refractivity (Wildman–Crippen MR) is 98.6 cm³/mol. The Labute approximate surface area is 156 Å². The lowest BCUT2D eigenvalue weighted by Crippen LogP contribution is -2.32. The summed E-state index contributed by atoms with van der Waals surface area (Å²) in [4.78, 5) is 8.62. The topological polar surface area (TPSA) is 149 Å². The smallest absolute Gasteiger partial charge is 0.211 e. The molecule has 1 aliphatic rings. The molecule has 8 nitrogen and oxygen atoms in total. The first-order chi connectivity index (χ1) is 12.0. The number of nitriles is 2. The first-order valence-electron chi connectivity index (χ1n) is 6.90. The molecule has 0 radical (unpaired) electrons. The van der Waals surface area contributed by atoms with Gasteiger partial charge in [0.15, 0.2) is 6.19 Å². The van der Waals surface area contributed by atoms with Crippen LogP contribution >= 0.6 is 27.5 Å². The fraction of sp³-hybridized carbons (Fsp3) is 0.0667. The Morgan fingerprint density at radius 3 is 2.72 bits per heavy atom. The number of nitrogens with two attached hydrogens (primary N) is 2. The molecule has 1 unspecified atom stereocenters. The quantitative estimate of drug-likeness (QED) is 0.411. The van der Waals surface area contributed by atoms with E-state index in [2.05, 4.69) is 36.5 Å². The van der Waals surface area contributed by atoms with E-state index in [9.17, 15) is 5.26 Å². The minimum atomic E-state index is -0.659. The van der Waals surface area contributed by atoms with Crippen molar-refractivity contribution in [1.29, 1.82) is 10.5 Å². The molecule has 25 heavy (non-hydrogen) atoms. The van der Waals surface area contributed by atoms with Gasteiger partial charge in [-0.15, -0.1) is 0 Å². The zero-order valence-electron chi connectivity index (χ0n) is 12.5. The summed E-state index contributed by atoms with van der Waals surface area (Å²) in [5, 5.41) is 23.9. The third kappa shape index (κ3) is 2.91. The number of pyridine rings is 1. The van der Waals surface area contributed by atoms with Crippen molar-refractivity contribution < 1.29 is 0 Å². The van der Waals surface area contributed by atoms with Gasteiger partial charge >= 0.3 is 0 Å². The van der Waals surface area contributed by atoms with Crippen LogP contribution in [-0.2, 0) is 0 Å². The van der Waals surface area contributed by atoms with E-state index in [4.69, 9.17) is 28.3 Å². The van der Waals surface area contributed by atoms with E-state index >= 15 is 0 Å². The highest BCUT2D eigenvalue weighted by atomic mass is 79.9. The van der Waals surface area contributed by atoms with Crippen LogP contribution in [0.5, 0.6) is 0 Å². The van der Waals surface area contributed by atoms with E-state index in [0.717, 1.165) is 4.47 Å². The summed E-state index contributed by atoms with van der Waals surface area (Å²) in [6.45, 7) is 0. The fourth-order valence-corrected chi connectivity index (χ4v) is 3.31. The van der Waals surface area contributed by atoms with E-state index < -0.39 is 6.04 Å². The Balaban J connectivity index is 2.28. The standard InChI is InChI=1S/C15H10BrClN8/c16-6-1-2-7(9(17)3-6)12-10-11(20)8(4-18)13(21)24-14(10)25-15(23-12)22-5-19/h1-3,12H,(H6,20,21,22,23,24,25). The van der Waals surface area contributed by atoms with Gasteiger partial charge in [-0.2, -0.15) is 10.5 Å². The lowest BCUT2D eigenvalue weighted by atomic mass is 9.95. The summed E-state index contributed by atoms with van der Waals surface area (Å²) in [5.41, 5.74) is 13.3. The van der Waals surface area contributed by atoms with Gasteiger partial charge in [0.1, 0.15) is 29.3 Å². The number of aliphatic imine (C=N–C) groups is 1. The molecule has 6 N–H and O–H groups in total. The molecule has 10 heteroatoms. The number of anilines is 3. The first-order valence-corrected chi connectivity index (χ1v) is 8.07. The van der Waals surface area contributed by atoms with Gasteiger partial charge in [-0.05, 0) is 12.1 Å². The molecule has 0 bridgehead atoms. The van der Waals surface area contributed by atoms with Crippen molar-refractivity contribution in [3.05, 3.63) is 44.4 Å². The van der Waals surface area contributed by atoms with Crippen molar-refractivity contribution in [3.8, 4) is 12.3 Å². The van der Waals surface area contributed by atoms with Gasteiger partial charge in [-0.3, -0.25) is 5.32 Å². The maximum absolute atomic E-state index is 9.29. The number of hydrogen-bond acceptors (Lipinski definition) is 8. The van der Waals surface area contributed by atoms with Gasteiger partial charge in [0.25, 0.3) is 0 Å². The van der Waals surface area contributed by atoms with Crippen LogP contribution in [0, 0.1) is 22.8 Å². The van der Waals surface area contributed by atoms with E-state index in [1.807, 2.05) is 12.1 Å². The Kier molecular flexibility index (Phi) is 4.36. The van der Waals surface area contributed by atoms with Crippen LogP contribution in [0.15, 0.2) is 27.7 Å². The minimum Gasteiger partial charge on any atom is -0.397 e.